The van der Waals surface area contributed by atoms with E-state index >= 15 is 0 Å². The van der Waals surface area contributed by atoms with Gasteiger partial charge in [-0.25, -0.2) is 4.99 Å². The van der Waals surface area contributed by atoms with E-state index in [2.05, 4.69) is 10.3 Å². The Labute approximate surface area is 258 Å². The number of carboxylic acids is 1. The quantitative estimate of drug-likeness (QED) is 0.255. The van der Waals surface area contributed by atoms with Crippen LogP contribution < -0.4 is 21.7 Å². The number of rotatable bonds is 12. The Morgan fingerprint density at radius 2 is 1.52 bits per heavy atom. The number of benzene rings is 2. The number of amides is 3. The van der Waals surface area contributed by atoms with E-state index < -0.39 is 91.2 Å². The van der Waals surface area contributed by atoms with Gasteiger partial charge in [-0.15, -0.1) is 0 Å². The minimum Gasteiger partial charge on any atom is -0.480 e. The van der Waals surface area contributed by atoms with Crippen LogP contribution in [0.5, 0.6) is 0 Å². The van der Waals surface area contributed by atoms with Crippen molar-refractivity contribution in [1.29, 1.82) is 0 Å². The molecule has 6 N–H and O–H groups in total. The van der Waals surface area contributed by atoms with Crippen molar-refractivity contribution in [2.45, 2.75) is 56.2 Å². The Morgan fingerprint density at radius 1 is 0.957 bits per heavy atom. The maximum Gasteiger partial charge on any atom is 0.389 e. The third kappa shape index (κ3) is 8.02. The molecule has 2 aliphatic rings. The largest absolute Gasteiger partial charge is 0.480 e. The number of para-hydroxylation sites is 1. The number of carbonyl (C=O) groups is 4. The lowest BCUT2D eigenvalue weighted by atomic mass is 9.83. The molecular formula is C30H31F6N5O5. The van der Waals surface area contributed by atoms with E-state index in [1.807, 2.05) is 0 Å². The van der Waals surface area contributed by atoms with Gasteiger partial charge in [0.05, 0.1) is 11.4 Å². The maximum atomic E-state index is 14.1. The van der Waals surface area contributed by atoms with Crippen LogP contribution in [-0.2, 0) is 19.2 Å². The molecule has 1 fully saturated rings. The summed E-state index contributed by atoms with van der Waals surface area (Å²) < 4.78 is 78.8. The van der Waals surface area contributed by atoms with Gasteiger partial charge in [-0.3, -0.25) is 19.2 Å². The summed E-state index contributed by atoms with van der Waals surface area (Å²) in [5.41, 5.74) is 11.0. The highest BCUT2D eigenvalue weighted by molar-refractivity contribution is 6.20. The molecule has 10 nitrogen and oxygen atoms in total. The number of aliphatic imine (C=N–C) groups is 1. The van der Waals surface area contributed by atoms with Gasteiger partial charge in [-0.05, 0) is 25.3 Å². The van der Waals surface area contributed by atoms with E-state index in [1.165, 1.54) is 4.90 Å². The van der Waals surface area contributed by atoms with E-state index in [9.17, 15) is 50.6 Å². The van der Waals surface area contributed by atoms with E-state index in [1.54, 1.807) is 54.6 Å². The SMILES string of the molecule is NC(=O)[C@@H](CCC(F)(F)F)[C@@H](CCC(F)(F)F)C(=O)N[C@H]1N=C(c2ccccc2)c2ccccc2N(CC2CC2(N)C(=O)O)C1=O. The summed E-state index contributed by atoms with van der Waals surface area (Å²) in [6.07, 6.45) is -16.8. The molecular weight excluding hydrogens is 624 g/mol. The average molecular weight is 656 g/mol. The summed E-state index contributed by atoms with van der Waals surface area (Å²) in [6.45, 7) is -0.227. The maximum absolute atomic E-state index is 14.1. The third-order valence-corrected chi connectivity index (χ3v) is 8.15. The summed E-state index contributed by atoms with van der Waals surface area (Å²) in [6, 6.07) is 14.8. The zero-order valence-corrected chi connectivity index (χ0v) is 24.1. The number of carboxylic acid groups (broad SMARTS) is 1. The number of carbonyl (C=O) groups excluding carboxylic acids is 3. The third-order valence-electron chi connectivity index (χ3n) is 8.15. The van der Waals surface area contributed by atoms with Crippen molar-refractivity contribution in [3.05, 3.63) is 65.7 Å². The lowest BCUT2D eigenvalue weighted by molar-refractivity contribution is -0.152. The Bertz CT molecular complexity index is 1520. The van der Waals surface area contributed by atoms with E-state index in [0.29, 0.717) is 11.1 Å². The van der Waals surface area contributed by atoms with Crippen molar-refractivity contribution in [2.24, 2.45) is 34.2 Å². The van der Waals surface area contributed by atoms with Crippen LogP contribution in [0.2, 0.25) is 0 Å². The number of hydrogen-bond acceptors (Lipinski definition) is 6. The van der Waals surface area contributed by atoms with Gasteiger partial charge in [0.1, 0.15) is 5.54 Å². The number of alkyl halides is 6. The molecule has 2 aromatic carbocycles. The first kappa shape index (κ1) is 34.4. The van der Waals surface area contributed by atoms with E-state index in [4.69, 9.17) is 11.5 Å². The second kappa shape index (κ2) is 13.1. The van der Waals surface area contributed by atoms with Crippen molar-refractivity contribution in [2.75, 3.05) is 11.4 Å². The van der Waals surface area contributed by atoms with Gasteiger partial charge in [-0.2, -0.15) is 26.3 Å². The van der Waals surface area contributed by atoms with Crippen LogP contribution in [0.3, 0.4) is 0 Å². The Kier molecular flexibility index (Phi) is 9.80. The van der Waals surface area contributed by atoms with Crippen LogP contribution in [0.4, 0.5) is 32.0 Å². The summed E-state index contributed by atoms with van der Waals surface area (Å²) in [5.74, 6) is -9.59. The molecule has 2 aromatic rings. The van der Waals surface area contributed by atoms with Gasteiger partial charge in [-0.1, -0.05) is 48.5 Å². The van der Waals surface area contributed by atoms with Gasteiger partial charge in [0.2, 0.25) is 18.0 Å². The predicted octanol–water partition coefficient (Wildman–Crippen LogP) is 3.52. The monoisotopic (exact) mass is 655 g/mol. The number of fused-ring (bicyclic) bond motifs is 1. The molecule has 16 heteroatoms. The van der Waals surface area contributed by atoms with E-state index in [-0.39, 0.29) is 24.4 Å². The van der Waals surface area contributed by atoms with Gasteiger partial charge in [0.25, 0.3) is 5.91 Å². The molecule has 0 radical (unpaired) electrons. The van der Waals surface area contributed by atoms with E-state index in [0.717, 1.165) is 0 Å². The number of hydrogen-bond donors (Lipinski definition) is 4. The molecule has 4 rings (SSSR count). The minimum atomic E-state index is -4.83. The minimum absolute atomic E-state index is 0.0245. The van der Waals surface area contributed by atoms with Crippen LogP contribution in [-0.4, -0.2) is 65.1 Å². The fourth-order valence-corrected chi connectivity index (χ4v) is 5.53. The lowest BCUT2D eigenvalue weighted by Crippen LogP contribution is -2.52. The van der Waals surface area contributed by atoms with Crippen molar-refractivity contribution in [3.8, 4) is 0 Å². The molecule has 1 aliphatic carbocycles. The van der Waals surface area contributed by atoms with Crippen molar-refractivity contribution in [1.82, 2.24) is 5.32 Å². The molecule has 0 saturated heterocycles. The molecule has 0 bridgehead atoms. The predicted molar refractivity (Wildman–Crippen MR) is 152 cm³/mol. The molecule has 5 atom stereocenters. The van der Waals surface area contributed by atoms with Crippen LogP contribution in [0.25, 0.3) is 0 Å². The summed E-state index contributed by atoms with van der Waals surface area (Å²) in [4.78, 5) is 57.2. The Morgan fingerprint density at radius 3 is 2.07 bits per heavy atom. The second-order valence-electron chi connectivity index (χ2n) is 11.4. The number of aliphatic carboxylic acids is 1. The highest BCUT2D eigenvalue weighted by Gasteiger charge is 2.58. The van der Waals surface area contributed by atoms with Crippen molar-refractivity contribution < 1.29 is 50.6 Å². The number of halogens is 6. The topological polar surface area (TPSA) is 168 Å². The fraction of sp³-hybridized carbons (Fsp3) is 0.433. The highest BCUT2D eigenvalue weighted by Crippen LogP contribution is 2.43. The normalized spacial score (nSPS) is 22.6. The zero-order valence-electron chi connectivity index (χ0n) is 24.1. The molecule has 0 aromatic heterocycles. The molecule has 2 unspecified atom stereocenters. The first-order valence-corrected chi connectivity index (χ1v) is 14.2. The zero-order chi connectivity index (χ0) is 34.0. The van der Waals surface area contributed by atoms with Crippen molar-refractivity contribution in [3.63, 3.8) is 0 Å². The molecule has 248 valence electrons. The molecule has 0 spiro atoms. The number of anilines is 1. The van der Waals surface area contributed by atoms with Crippen LogP contribution >= 0.6 is 0 Å². The smallest absolute Gasteiger partial charge is 0.389 e. The van der Waals surface area contributed by atoms with Crippen LogP contribution in [0, 0.1) is 17.8 Å². The Hall–Kier alpha value is -4.47. The van der Waals surface area contributed by atoms with Crippen LogP contribution in [0.15, 0.2) is 59.6 Å². The summed E-state index contributed by atoms with van der Waals surface area (Å²) in [5, 5.41) is 11.8. The number of nitrogens with one attached hydrogen (secondary N) is 1. The van der Waals surface area contributed by atoms with Gasteiger partial charge in [0, 0.05) is 48.3 Å². The highest BCUT2D eigenvalue weighted by atomic mass is 19.4. The first-order valence-electron chi connectivity index (χ1n) is 14.2. The average Bonchev–Trinajstić information content (AvgIpc) is 3.66. The number of nitrogens with zero attached hydrogens (tertiary/aromatic N) is 2. The second-order valence-corrected chi connectivity index (χ2v) is 11.4. The number of primary amides is 1. The molecule has 1 heterocycles. The van der Waals surface area contributed by atoms with Gasteiger partial charge in [0.15, 0.2) is 0 Å². The summed E-state index contributed by atoms with van der Waals surface area (Å²) in [7, 11) is 0. The first-order chi connectivity index (χ1) is 21.4. The molecule has 1 saturated carbocycles. The van der Waals surface area contributed by atoms with Gasteiger partial charge >= 0.3 is 18.3 Å². The molecule has 46 heavy (non-hydrogen) atoms. The number of nitrogens with two attached hydrogens (primary N) is 2. The molecule has 1 aliphatic heterocycles. The number of benzodiazepines with no additional fused rings is 1. The summed E-state index contributed by atoms with van der Waals surface area (Å²) >= 11 is 0. The Balaban J connectivity index is 1.76. The molecule has 3 amide bonds. The van der Waals surface area contributed by atoms with Crippen molar-refractivity contribution >= 4 is 35.1 Å². The fourth-order valence-electron chi connectivity index (χ4n) is 5.53. The standard InChI is InChI=1S/C30H31F6N5O5/c31-29(32,33)12-10-18(23(37)42)19(11-13-30(34,35)36)25(43)40-24-26(44)41(15-17-14-28(17,38)27(45)46)21-9-5-4-8-20(21)22(39-24)16-6-2-1-3-7-16/h1-9,17-19,24H,10-15,38H2,(H2,37,42)(H,40,43)(H,45,46)/t17?,18-,19+,24+,28?/m0/s1. The lowest BCUT2D eigenvalue weighted by Gasteiger charge is -2.28. The van der Waals surface area contributed by atoms with Crippen LogP contribution in [0.1, 0.15) is 43.2 Å². The van der Waals surface area contributed by atoms with Gasteiger partial charge < -0.3 is 26.8 Å².